The van der Waals surface area contributed by atoms with Gasteiger partial charge in [-0.15, -0.1) is 0 Å². The molecule has 1 N–H and O–H groups in total. The molecular weight excluding hydrogens is 248 g/mol. The second-order valence-electron chi connectivity index (χ2n) is 6.73. The summed E-state index contributed by atoms with van der Waals surface area (Å²) in [7, 11) is 4.32. The highest BCUT2D eigenvalue weighted by atomic mass is 15.3. The number of nitrogens with one attached hydrogen (secondary N) is 1. The number of likely N-dealkylation sites (tertiary alicyclic amines) is 1. The summed E-state index contributed by atoms with van der Waals surface area (Å²) >= 11 is 0. The van der Waals surface area contributed by atoms with Crippen LogP contribution in [0.5, 0.6) is 0 Å². The normalized spacial score (nSPS) is 29.1. The second kappa shape index (κ2) is 5.86. The predicted octanol–water partition coefficient (Wildman–Crippen LogP) is 2.12. The fourth-order valence-electron chi connectivity index (χ4n) is 3.95. The molecule has 2 aliphatic rings. The molecule has 1 aromatic rings. The van der Waals surface area contributed by atoms with Gasteiger partial charge in [0.1, 0.15) is 0 Å². The highest BCUT2D eigenvalue weighted by Gasteiger charge is 2.28. The Labute approximate surface area is 122 Å². The van der Waals surface area contributed by atoms with Crippen LogP contribution >= 0.6 is 0 Å². The fourth-order valence-corrected chi connectivity index (χ4v) is 3.95. The summed E-state index contributed by atoms with van der Waals surface area (Å²) in [6.45, 7) is 4.87. The van der Waals surface area contributed by atoms with Crippen LogP contribution in [-0.4, -0.2) is 40.9 Å². The van der Waals surface area contributed by atoms with E-state index in [0.717, 1.165) is 5.92 Å². The summed E-state index contributed by atoms with van der Waals surface area (Å²) in [4.78, 5) is 2.47. The molecule has 0 saturated carbocycles. The van der Waals surface area contributed by atoms with Crippen LogP contribution in [0.15, 0.2) is 6.20 Å². The molecule has 1 aromatic heterocycles. The minimum atomic E-state index is 0.509. The molecule has 0 bridgehead atoms. The maximum Gasteiger partial charge on any atom is 0.0540 e. The largest absolute Gasteiger partial charge is 0.307 e. The average Bonchev–Trinajstić information content (AvgIpc) is 2.82. The second-order valence-corrected chi connectivity index (χ2v) is 6.73. The quantitative estimate of drug-likeness (QED) is 0.918. The lowest BCUT2D eigenvalue weighted by Gasteiger charge is -2.36. The van der Waals surface area contributed by atoms with Crippen molar-refractivity contribution in [3.63, 3.8) is 0 Å². The van der Waals surface area contributed by atoms with Gasteiger partial charge in [-0.05, 0) is 58.5 Å². The molecule has 1 fully saturated rings. The summed E-state index contributed by atoms with van der Waals surface area (Å²) in [5.41, 5.74) is 2.87. The molecule has 4 heteroatoms. The number of fused-ring (bicyclic) bond motifs is 1. The Kier molecular flexibility index (Phi) is 4.13. The van der Waals surface area contributed by atoms with Crippen LogP contribution < -0.4 is 5.32 Å². The summed E-state index contributed by atoms with van der Waals surface area (Å²) in [6.07, 6.45) is 8.50. The molecule has 3 rings (SSSR count). The fraction of sp³-hybridized carbons (Fsp3) is 0.812. The Bertz CT molecular complexity index is 453. The van der Waals surface area contributed by atoms with E-state index in [9.17, 15) is 0 Å². The van der Waals surface area contributed by atoms with Crippen molar-refractivity contribution >= 4 is 0 Å². The summed E-state index contributed by atoms with van der Waals surface area (Å²) < 4.78 is 2.06. The van der Waals surface area contributed by atoms with Gasteiger partial charge >= 0.3 is 0 Å². The Morgan fingerprint density at radius 3 is 2.95 bits per heavy atom. The first-order valence-electron chi connectivity index (χ1n) is 8.10. The summed E-state index contributed by atoms with van der Waals surface area (Å²) in [5, 5.41) is 8.35. The Balaban J connectivity index is 1.66. The maximum absolute atomic E-state index is 4.45. The lowest BCUT2D eigenvalue weighted by atomic mass is 9.88. The molecule has 0 aromatic carbocycles. The number of aromatic nitrogens is 2. The first-order valence-corrected chi connectivity index (χ1v) is 8.10. The Morgan fingerprint density at radius 2 is 2.15 bits per heavy atom. The molecular formula is C16H28N4. The zero-order chi connectivity index (χ0) is 14.1. The van der Waals surface area contributed by atoms with E-state index in [4.69, 9.17) is 0 Å². The van der Waals surface area contributed by atoms with Crippen molar-refractivity contribution in [2.24, 2.45) is 13.0 Å². The van der Waals surface area contributed by atoms with E-state index in [2.05, 4.69) is 47.2 Å². The smallest absolute Gasteiger partial charge is 0.0540 e. The number of piperidine rings is 1. The third-order valence-corrected chi connectivity index (χ3v) is 5.21. The summed E-state index contributed by atoms with van der Waals surface area (Å²) in [5.74, 6) is 0.788. The van der Waals surface area contributed by atoms with E-state index in [-0.39, 0.29) is 0 Å². The Morgan fingerprint density at radius 1 is 1.30 bits per heavy atom. The number of rotatable bonds is 3. The molecule has 3 atom stereocenters. The van der Waals surface area contributed by atoms with Crippen LogP contribution in [0, 0.1) is 5.92 Å². The van der Waals surface area contributed by atoms with Crippen LogP contribution in [0.25, 0.3) is 0 Å². The van der Waals surface area contributed by atoms with Crippen molar-refractivity contribution in [3.05, 3.63) is 17.5 Å². The zero-order valence-corrected chi connectivity index (χ0v) is 13.1. The Hall–Kier alpha value is -0.870. The lowest BCUT2D eigenvalue weighted by Crippen LogP contribution is -2.44. The predicted molar refractivity (Wildman–Crippen MR) is 81.7 cm³/mol. The van der Waals surface area contributed by atoms with Gasteiger partial charge in [0.25, 0.3) is 0 Å². The van der Waals surface area contributed by atoms with Crippen molar-refractivity contribution in [1.82, 2.24) is 20.0 Å². The van der Waals surface area contributed by atoms with Crippen molar-refractivity contribution < 1.29 is 0 Å². The molecule has 0 spiro atoms. The highest BCUT2D eigenvalue weighted by Crippen LogP contribution is 2.31. The topological polar surface area (TPSA) is 33.1 Å². The van der Waals surface area contributed by atoms with Gasteiger partial charge in [-0.3, -0.25) is 4.68 Å². The van der Waals surface area contributed by atoms with Gasteiger partial charge in [-0.1, -0.05) is 0 Å². The molecule has 2 heterocycles. The van der Waals surface area contributed by atoms with E-state index in [0.29, 0.717) is 12.1 Å². The van der Waals surface area contributed by atoms with Crippen molar-refractivity contribution in [2.45, 2.75) is 51.1 Å². The standard InChI is InChI=1S/C16H28N4/c1-12(13-6-5-9-19(2)11-13)18-15-7-4-8-16-14(15)10-17-20(16)3/h10,12-13,15,18H,4-9,11H2,1-3H3. The van der Waals surface area contributed by atoms with Gasteiger partial charge in [0.2, 0.25) is 0 Å². The average molecular weight is 276 g/mol. The third kappa shape index (κ3) is 2.77. The van der Waals surface area contributed by atoms with E-state index >= 15 is 0 Å². The number of hydrogen-bond donors (Lipinski definition) is 1. The van der Waals surface area contributed by atoms with Crippen LogP contribution in [-0.2, 0) is 13.5 Å². The number of hydrogen-bond acceptors (Lipinski definition) is 3. The van der Waals surface area contributed by atoms with Crippen LogP contribution in [0.1, 0.15) is 49.9 Å². The monoisotopic (exact) mass is 276 g/mol. The zero-order valence-electron chi connectivity index (χ0n) is 13.1. The molecule has 1 saturated heterocycles. The van der Waals surface area contributed by atoms with Gasteiger partial charge in [-0.2, -0.15) is 5.10 Å². The number of nitrogens with zero attached hydrogens (tertiary/aromatic N) is 3. The van der Waals surface area contributed by atoms with Crippen LogP contribution in [0.4, 0.5) is 0 Å². The molecule has 20 heavy (non-hydrogen) atoms. The maximum atomic E-state index is 4.45. The van der Waals surface area contributed by atoms with E-state index in [1.165, 1.54) is 56.5 Å². The van der Waals surface area contributed by atoms with E-state index in [1.807, 2.05) is 0 Å². The molecule has 0 amide bonds. The third-order valence-electron chi connectivity index (χ3n) is 5.21. The molecule has 1 aliphatic carbocycles. The summed E-state index contributed by atoms with van der Waals surface area (Å²) in [6, 6.07) is 1.10. The van der Waals surface area contributed by atoms with Crippen molar-refractivity contribution in [2.75, 3.05) is 20.1 Å². The minimum absolute atomic E-state index is 0.509. The minimum Gasteiger partial charge on any atom is -0.307 e. The molecule has 112 valence electrons. The van der Waals surface area contributed by atoms with Crippen LogP contribution in [0.2, 0.25) is 0 Å². The molecule has 3 unspecified atom stereocenters. The first-order chi connectivity index (χ1) is 9.65. The van der Waals surface area contributed by atoms with Gasteiger partial charge in [-0.25, -0.2) is 0 Å². The first kappa shape index (κ1) is 14.1. The lowest BCUT2D eigenvalue weighted by molar-refractivity contribution is 0.171. The molecule has 0 radical (unpaired) electrons. The SMILES string of the molecule is CC(NC1CCCc2c1cnn2C)C1CCCN(C)C1. The van der Waals surface area contributed by atoms with Crippen molar-refractivity contribution in [1.29, 1.82) is 0 Å². The van der Waals surface area contributed by atoms with Gasteiger partial charge < -0.3 is 10.2 Å². The number of aryl methyl sites for hydroxylation is 1. The molecule has 1 aliphatic heterocycles. The van der Waals surface area contributed by atoms with Gasteiger partial charge in [0.05, 0.1) is 6.20 Å². The molecule has 4 nitrogen and oxygen atoms in total. The van der Waals surface area contributed by atoms with Gasteiger partial charge in [0, 0.05) is 36.9 Å². The van der Waals surface area contributed by atoms with Gasteiger partial charge in [0.15, 0.2) is 0 Å². The van der Waals surface area contributed by atoms with E-state index < -0.39 is 0 Å². The highest BCUT2D eigenvalue weighted by molar-refractivity contribution is 5.24. The van der Waals surface area contributed by atoms with Crippen LogP contribution in [0.3, 0.4) is 0 Å². The van der Waals surface area contributed by atoms with Crippen molar-refractivity contribution in [3.8, 4) is 0 Å². The van der Waals surface area contributed by atoms with E-state index in [1.54, 1.807) is 0 Å².